The summed E-state index contributed by atoms with van der Waals surface area (Å²) < 4.78 is 26.7. The van der Waals surface area contributed by atoms with E-state index in [0.29, 0.717) is 27.2 Å². The summed E-state index contributed by atoms with van der Waals surface area (Å²) in [6.45, 7) is 3.30. The number of sulfone groups is 1. The normalized spacial score (nSPS) is 11.9. The molecule has 3 aromatic rings. The van der Waals surface area contributed by atoms with E-state index in [9.17, 15) is 18.3 Å². The second kappa shape index (κ2) is 7.22. The molecule has 0 aliphatic carbocycles. The van der Waals surface area contributed by atoms with Crippen molar-refractivity contribution in [1.29, 1.82) is 0 Å². The largest absolute Gasteiger partial charge is 0.480 e. The molecule has 27 heavy (non-hydrogen) atoms. The predicted octanol–water partition coefficient (Wildman–Crippen LogP) is 4.55. The molecule has 0 aliphatic rings. The molecule has 0 unspecified atom stereocenters. The fraction of sp³-hybridized carbons (Fsp3) is 0.211. The minimum atomic E-state index is -3.52. The van der Waals surface area contributed by atoms with Crippen LogP contribution in [-0.2, 0) is 21.2 Å². The van der Waals surface area contributed by atoms with Crippen LogP contribution in [0.4, 0.5) is 0 Å². The molecule has 0 saturated carbocycles. The summed E-state index contributed by atoms with van der Waals surface area (Å²) in [6.07, 6.45) is 1.17. The van der Waals surface area contributed by atoms with Gasteiger partial charge in [-0.3, -0.25) is 4.79 Å². The third-order valence-corrected chi connectivity index (χ3v) is 6.96. The molecule has 8 heteroatoms. The summed E-state index contributed by atoms with van der Waals surface area (Å²) in [4.78, 5) is 13.2. The first-order valence-corrected chi connectivity index (χ1v) is 11.2. The van der Waals surface area contributed by atoms with Crippen molar-refractivity contribution in [2.24, 2.45) is 0 Å². The van der Waals surface area contributed by atoms with Gasteiger partial charge in [0, 0.05) is 32.1 Å². The third-order valence-electron chi connectivity index (χ3n) is 4.26. The average Bonchev–Trinajstić information content (AvgIpc) is 2.79. The lowest BCUT2D eigenvalue weighted by atomic mass is 10.2. The number of nitrogens with zero attached hydrogens (tertiary/aromatic N) is 1. The molecule has 1 aromatic heterocycles. The molecule has 1 heterocycles. The van der Waals surface area contributed by atoms with Crippen LogP contribution in [-0.4, -0.2) is 30.3 Å². The Bertz CT molecular complexity index is 1170. The van der Waals surface area contributed by atoms with Gasteiger partial charge in [0.15, 0.2) is 9.84 Å². The van der Waals surface area contributed by atoms with Crippen molar-refractivity contribution in [3.05, 3.63) is 52.7 Å². The van der Waals surface area contributed by atoms with E-state index in [4.69, 9.17) is 11.6 Å². The van der Waals surface area contributed by atoms with Gasteiger partial charge in [-0.15, -0.1) is 0 Å². The topological polar surface area (TPSA) is 76.4 Å². The first-order chi connectivity index (χ1) is 12.6. The Kier molecular flexibility index (Phi) is 5.29. The lowest BCUT2D eigenvalue weighted by molar-refractivity contribution is -0.137. The highest BCUT2D eigenvalue weighted by molar-refractivity contribution is 7.99. The summed E-state index contributed by atoms with van der Waals surface area (Å²) >= 11 is 7.46. The number of carboxylic acid groups (broad SMARTS) is 1. The average molecular weight is 424 g/mol. The molecule has 0 bridgehead atoms. The lowest BCUT2D eigenvalue weighted by Gasteiger charge is -2.09. The van der Waals surface area contributed by atoms with E-state index >= 15 is 0 Å². The molecule has 0 saturated heterocycles. The predicted molar refractivity (Wildman–Crippen MR) is 108 cm³/mol. The van der Waals surface area contributed by atoms with Crippen LogP contribution in [0.15, 0.2) is 51.1 Å². The molecule has 0 aliphatic heterocycles. The van der Waals surface area contributed by atoms with E-state index in [1.807, 2.05) is 12.1 Å². The number of benzene rings is 2. The van der Waals surface area contributed by atoms with E-state index in [0.717, 1.165) is 9.79 Å². The highest BCUT2D eigenvalue weighted by Gasteiger charge is 2.24. The monoisotopic (exact) mass is 423 g/mol. The van der Waals surface area contributed by atoms with Crippen LogP contribution in [0.1, 0.15) is 11.3 Å². The van der Waals surface area contributed by atoms with Crippen molar-refractivity contribution in [1.82, 2.24) is 4.57 Å². The Morgan fingerprint density at radius 1 is 1.22 bits per heavy atom. The summed E-state index contributed by atoms with van der Waals surface area (Å²) in [6, 6.07) is 10.7. The number of fused-ring (bicyclic) bond motifs is 1. The van der Waals surface area contributed by atoms with Crippen LogP contribution >= 0.6 is 23.4 Å². The number of hydrogen-bond donors (Lipinski definition) is 1. The molecule has 5 nitrogen and oxygen atoms in total. The standard InChI is InChI=1S/C19H18ClNO4S2/c1-11-7-8-15-17(19(11)27(3,24)25)18(12(2)21(15)10-16(22)23)26-14-6-4-5-13(20)9-14/h4-9H,10H2,1-3H3,(H,22,23). The van der Waals surface area contributed by atoms with E-state index in [2.05, 4.69) is 0 Å². The van der Waals surface area contributed by atoms with Crippen LogP contribution in [0.2, 0.25) is 5.02 Å². The molecule has 1 N–H and O–H groups in total. The fourth-order valence-electron chi connectivity index (χ4n) is 3.20. The van der Waals surface area contributed by atoms with Crippen molar-refractivity contribution >= 4 is 50.1 Å². The van der Waals surface area contributed by atoms with Gasteiger partial charge < -0.3 is 9.67 Å². The number of rotatable bonds is 5. The minimum absolute atomic E-state index is 0.233. The highest BCUT2D eigenvalue weighted by Crippen LogP contribution is 2.42. The molecule has 0 spiro atoms. The fourth-order valence-corrected chi connectivity index (χ4v) is 5.88. The molecule has 0 radical (unpaired) electrons. The van der Waals surface area contributed by atoms with Crippen molar-refractivity contribution in [3.63, 3.8) is 0 Å². The summed E-state index contributed by atoms with van der Waals surface area (Å²) in [5.74, 6) is -0.990. The molecule has 142 valence electrons. The molecular formula is C19H18ClNO4S2. The Hall–Kier alpha value is -1.96. The zero-order chi connectivity index (χ0) is 19.9. The van der Waals surface area contributed by atoms with E-state index < -0.39 is 15.8 Å². The van der Waals surface area contributed by atoms with Crippen LogP contribution in [0, 0.1) is 13.8 Å². The summed E-state index contributed by atoms with van der Waals surface area (Å²) in [7, 11) is -3.52. The van der Waals surface area contributed by atoms with E-state index in [-0.39, 0.29) is 11.4 Å². The Balaban J connectivity index is 2.38. The molecular weight excluding hydrogens is 406 g/mol. The first kappa shape index (κ1) is 19.8. The van der Waals surface area contributed by atoms with Gasteiger partial charge in [-0.1, -0.05) is 35.5 Å². The van der Waals surface area contributed by atoms with E-state index in [1.165, 1.54) is 18.0 Å². The van der Waals surface area contributed by atoms with Gasteiger partial charge in [0.1, 0.15) is 6.54 Å². The smallest absolute Gasteiger partial charge is 0.323 e. The van der Waals surface area contributed by atoms with Gasteiger partial charge in [0.05, 0.1) is 10.4 Å². The maximum absolute atomic E-state index is 12.5. The quantitative estimate of drug-likeness (QED) is 0.651. The number of aromatic nitrogens is 1. The number of carboxylic acids is 1. The van der Waals surface area contributed by atoms with Crippen LogP contribution < -0.4 is 0 Å². The van der Waals surface area contributed by atoms with Crippen LogP contribution in [0.3, 0.4) is 0 Å². The van der Waals surface area contributed by atoms with Gasteiger partial charge >= 0.3 is 5.97 Å². The van der Waals surface area contributed by atoms with Crippen molar-refractivity contribution < 1.29 is 18.3 Å². The summed E-state index contributed by atoms with van der Waals surface area (Å²) in [5.41, 5.74) is 1.92. The van der Waals surface area contributed by atoms with Gasteiger partial charge in [0.25, 0.3) is 0 Å². The highest BCUT2D eigenvalue weighted by atomic mass is 35.5. The van der Waals surface area contributed by atoms with Crippen molar-refractivity contribution in [2.75, 3.05) is 6.26 Å². The third kappa shape index (κ3) is 3.85. The Morgan fingerprint density at radius 2 is 1.93 bits per heavy atom. The maximum Gasteiger partial charge on any atom is 0.323 e. The van der Waals surface area contributed by atoms with Gasteiger partial charge in [-0.2, -0.15) is 0 Å². The summed E-state index contributed by atoms with van der Waals surface area (Å²) in [5, 5.41) is 10.4. The van der Waals surface area contributed by atoms with Crippen molar-refractivity contribution in [2.45, 2.75) is 35.1 Å². The van der Waals surface area contributed by atoms with Gasteiger partial charge in [-0.05, 0) is 43.7 Å². The number of carbonyl (C=O) groups is 1. The van der Waals surface area contributed by atoms with Crippen molar-refractivity contribution in [3.8, 4) is 0 Å². The number of halogens is 1. The first-order valence-electron chi connectivity index (χ1n) is 8.07. The molecule has 2 aromatic carbocycles. The van der Waals surface area contributed by atoms with Crippen LogP contribution in [0.25, 0.3) is 10.9 Å². The number of aryl methyl sites for hydroxylation is 1. The molecule has 0 atom stereocenters. The molecule has 0 amide bonds. The molecule has 0 fully saturated rings. The molecule has 3 rings (SSSR count). The van der Waals surface area contributed by atoms with Gasteiger partial charge in [-0.25, -0.2) is 8.42 Å². The van der Waals surface area contributed by atoms with E-state index in [1.54, 1.807) is 42.7 Å². The Labute approximate surface area is 166 Å². The minimum Gasteiger partial charge on any atom is -0.480 e. The second-order valence-electron chi connectivity index (χ2n) is 6.33. The zero-order valence-electron chi connectivity index (χ0n) is 15.0. The second-order valence-corrected chi connectivity index (χ2v) is 9.80. The maximum atomic E-state index is 12.5. The Morgan fingerprint density at radius 3 is 2.52 bits per heavy atom. The van der Waals surface area contributed by atoms with Gasteiger partial charge in [0.2, 0.25) is 0 Å². The zero-order valence-corrected chi connectivity index (χ0v) is 17.4. The van der Waals surface area contributed by atoms with Crippen LogP contribution in [0.5, 0.6) is 0 Å². The number of aliphatic carboxylic acids is 1. The lowest BCUT2D eigenvalue weighted by Crippen LogP contribution is -2.10. The SMILES string of the molecule is Cc1ccc2c(c(Sc3cccc(Cl)c3)c(C)n2CC(=O)O)c1S(C)(=O)=O. The number of hydrogen-bond acceptors (Lipinski definition) is 4.